The molecule has 1 aromatic rings. The molecule has 1 aromatic carbocycles. The van der Waals surface area contributed by atoms with Crippen molar-refractivity contribution in [2.24, 2.45) is 4.99 Å². The molecular weight excluding hydrogens is 400 g/mol. The summed E-state index contributed by atoms with van der Waals surface area (Å²) < 4.78 is 10.4. The maximum atomic E-state index is 13.1. The first-order chi connectivity index (χ1) is 14.2. The van der Waals surface area contributed by atoms with Crippen LogP contribution in [-0.2, 0) is 24.5 Å². The molecule has 0 N–H and O–H groups in total. The van der Waals surface area contributed by atoms with Crippen LogP contribution in [0.4, 0.5) is 0 Å². The molecule has 30 heavy (non-hydrogen) atoms. The number of thioether (sulfide) groups is 1. The highest BCUT2D eigenvalue weighted by molar-refractivity contribution is 8.15. The van der Waals surface area contributed by atoms with E-state index in [0.717, 1.165) is 5.56 Å². The van der Waals surface area contributed by atoms with Crippen LogP contribution in [0.5, 0.6) is 0 Å². The van der Waals surface area contributed by atoms with Crippen molar-refractivity contribution in [2.45, 2.75) is 57.7 Å². The van der Waals surface area contributed by atoms with Crippen LogP contribution in [0.15, 0.2) is 40.5 Å². The standard InChI is InChI=1S/C23H30N2O4S/c1-7-17-20(26)25-19(15-8-10-16(11-9-15)23(3,4)5)18(14(2)24-22(25)30-17)21(27)29-13-12-28-6/h8-11,17,19H,7,12-13H2,1-6H3. The highest BCUT2D eigenvalue weighted by Crippen LogP contribution is 2.44. The smallest absolute Gasteiger partial charge is 0.338 e. The van der Waals surface area contributed by atoms with Gasteiger partial charge >= 0.3 is 5.97 Å². The van der Waals surface area contributed by atoms with Crippen molar-refractivity contribution in [3.8, 4) is 0 Å². The molecule has 0 aromatic heterocycles. The number of hydrogen-bond acceptors (Lipinski definition) is 6. The van der Waals surface area contributed by atoms with E-state index in [1.165, 1.54) is 17.3 Å². The topological polar surface area (TPSA) is 68.2 Å². The van der Waals surface area contributed by atoms with Crippen LogP contribution >= 0.6 is 11.8 Å². The van der Waals surface area contributed by atoms with E-state index in [1.54, 1.807) is 18.9 Å². The first kappa shape index (κ1) is 22.6. The number of esters is 1. The van der Waals surface area contributed by atoms with E-state index in [1.807, 2.05) is 19.1 Å². The summed E-state index contributed by atoms with van der Waals surface area (Å²) in [4.78, 5) is 32.4. The molecule has 1 fully saturated rings. The Balaban J connectivity index is 2.04. The second kappa shape index (κ2) is 8.94. The fourth-order valence-electron chi connectivity index (χ4n) is 3.63. The van der Waals surface area contributed by atoms with Crippen molar-refractivity contribution in [3.05, 3.63) is 46.7 Å². The van der Waals surface area contributed by atoms with Crippen LogP contribution < -0.4 is 0 Å². The van der Waals surface area contributed by atoms with E-state index in [4.69, 9.17) is 9.47 Å². The molecule has 2 unspecified atom stereocenters. The SMILES string of the molecule is CCC1SC2=NC(C)=C(C(=O)OCCOC)C(c3ccc(C(C)(C)C)cc3)N2C1=O. The van der Waals surface area contributed by atoms with Crippen molar-refractivity contribution in [1.82, 2.24) is 4.90 Å². The number of methoxy groups -OCH3 is 1. The summed E-state index contributed by atoms with van der Waals surface area (Å²) in [6.45, 7) is 10.7. The molecule has 6 nitrogen and oxygen atoms in total. The summed E-state index contributed by atoms with van der Waals surface area (Å²) in [6.07, 6.45) is 0.710. The van der Waals surface area contributed by atoms with E-state index in [9.17, 15) is 9.59 Å². The summed E-state index contributed by atoms with van der Waals surface area (Å²) >= 11 is 1.47. The Morgan fingerprint density at radius 2 is 1.87 bits per heavy atom. The lowest BCUT2D eigenvalue weighted by molar-refractivity contribution is -0.141. The third kappa shape index (κ3) is 4.32. The van der Waals surface area contributed by atoms with Crippen LogP contribution in [-0.4, -0.2) is 47.5 Å². The number of fused-ring (bicyclic) bond motifs is 1. The molecule has 2 aliphatic heterocycles. The third-order valence-electron chi connectivity index (χ3n) is 5.36. The zero-order valence-corrected chi connectivity index (χ0v) is 19.3. The highest BCUT2D eigenvalue weighted by Gasteiger charge is 2.47. The Bertz CT molecular complexity index is 883. The Morgan fingerprint density at radius 1 is 1.20 bits per heavy atom. The largest absolute Gasteiger partial charge is 0.460 e. The van der Waals surface area contributed by atoms with Crippen LogP contribution in [0, 0.1) is 0 Å². The van der Waals surface area contributed by atoms with Crippen LogP contribution in [0.1, 0.15) is 58.2 Å². The van der Waals surface area contributed by atoms with Crippen molar-refractivity contribution in [1.29, 1.82) is 0 Å². The molecule has 162 valence electrons. The van der Waals surface area contributed by atoms with E-state index in [2.05, 4.69) is 37.9 Å². The number of amides is 1. The van der Waals surface area contributed by atoms with Crippen molar-refractivity contribution in [3.63, 3.8) is 0 Å². The summed E-state index contributed by atoms with van der Waals surface area (Å²) in [5.74, 6) is -0.476. The summed E-state index contributed by atoms with van der Waals surface area (Å²) in [5.41, 5.74) is 3.07. The van der Waals surface area contributed by atoms with Crippen LogP contribution in [0.25, 0.3) is 0 Å². The molecule has 2 aliphatic rings. The van der Waals surface area contributed by atoms with Crippen molar-refractivity contribution >= 4 is 28.8 Å². The first-order valence-electron chi connectivity index (χ1n) is 10.2. The molecule has 1 amide bonds. The number of carbonyl (C=O) groups excluding carboxylic acids is 2. The number of allylic oxidation sites excluding steroid dienone is 1. The number of hydrogen-bond donors (Lipinski definition) is 0. The van der Waals surface area contributed by atoms with Crippen LogP contribution in [0.2, 0.25) is 0 Å². The van der Waals surface area contributed by atoms with E-state index < -0.39 is 12.0 Å². The number of nitrogens with zero attached hydrogens (tertiary/aromatic N) is 2. The number of carbonyl (C=O) groups is 2. The minimum absolute atomic E-state index is 0.0119. The molecule has 3 rings (SSSR count). The van der Waals surface area contributed by atoms with Gasteiger partial charge in [0.15, 0.2) is 5.17 Å². The third-order valence-corrected chi connectivity index (χ3v) is 6.67. The molecule has 0 aliphatic carbocycles. The Kier molecular flexibility index (Phi) is 6.72. The monoisotopic (exact) mass is 430 g/mol. The quantitative estimate of drug-likeness (QED) is 0.499. The molecular formula is C23H30N2O4S. The summed E-state index contributed by atoms with van der Waals surface area (Å²) in [5, 5.41) is 0.472. The van der Waals surface area contributed by atoms with Gasteiger partial charge in [-0.3, -0.25) is 9.69 Å². The van der Waals surface area contributed by atoms with Crippen LogP contribution in [0.3, 0.4) is 0 Å². The zero-order chi connectivity index (χ0) is 22.1. The van der Waals surface area contributed by atoms with E-state index >= 15 is 0 Å². The average molecular weight is 431 g/mol. The summed E-state index contributed by atoms with van der Waals surface area (Å²) in [7, 11) is 1.56. The van der Waals surface area contributed by atoms with Gasteiger partial charge in [0.05, 0.1) is 29.2 Å². The van der Waals surface area contributed by atoms with Gasteiger partial charge in [-0.05, 0) is 29.9 Å². The lowest BCUT2D eigenvalue weighted by Crippen LogP contribution is -2.41. The minimum atomic E-state index is -0.543. The maximum absolute atomic E-state index is 13.1. The fraction of sp³-hybridized carbons (Fsp3) is 0.522. The lowest BCUT2D eigenvalue weighted by Gasteiger charge is -2.33. The Morgan fingerprint density at radius 3 is 2.43 bits per heavy atom. The van der Waals surface area contributed by atoms with Gasteiger partial charge in [-0.25, -0.2) is 9.79 Å². The summed E-state index contributed by atoms with van der Waals surface area (Å²) in [6, 6.07) is 7.59. The second-order valence-corrected chi connectivity index (χ2v) is 9.69. The Hall–Kier alpha value is -2.12. The number of ether oxygens (including phenoxy) is 2. The van der Waals surface area contributed by atoms with Gasteiger partial charge < -0.3 is 9.47 Å². The highest BCUT2D eigenvalue weighted by atomic mass is 32.2. The lowest BCUT2D eigenvalue weighted by atomic mass is 9.85. The molecule has 7 heteroatoms. The van der Waals surface area contributed by atoms with Gasteiger partial charge in [-0.1, -0.05) is 63.7 Å². The number of aliphatic imine (C=N–C) groups is 1. The molecule has 0 spiro atoms. The van der Waals surface area contributed by atoms with Gasteiger partial charge in [-0.2, -0.15) is 0 Å². The maximum Gasteiger partial charge on any atom is 0.338 e. The van der Waals surface area contributed by atoms with Gasteiger partial charge in [0, 0.05) is 7.11 Å². The molecule has 2 atom stereocenters. The van der Waals surface area contributed by atoms with Crippen molar-refractivity contribution in [2.75, 3.05) is 20.3 Å². The number of amidine groups is 1. The zero-order valence-electron chi connectivity index (χ0n) is 18.5. The van der Waals surface area contributed by atoms with Gasteiger partial charge in [0.25, 0.3) is 0 Å². The van der Waals surface area contributed by atoms with E-state index in [0.29, 0.717) is 29.5 Å². The van der Waals surface area contributed by atoms with Crippen molar-refractivity contribution < 1.29 is 19.1 Å². The van der Waals surface area contributed by atoms with E-state index in [-0.39, 0.29) is 23.2 Å². The average Bonchev–Trinajstić information content (AvgIpc) is 3.01. The Labute approximate surface area is 182 Å². The molecule has 2 heterocycles. The molecule has 0 bridgehead atoms. The minimum Gasteiger partial charge on any atom is -0.460 e. The molecule has 1 saturated heterocycles. The second-order valence-electron chi connectivity index (χ2n) is 8.52. The predicted octanol–water partition coefficient (Wildman–Crippen LogP) is 4.21. The number of rotatable bonds is 6. The molecule has 0 radical (unpaired) electrons. The number of benzene rings is 1. The van der Waals surface area contributed by atoms with Gasteiger partial charge in [0.2, 0.25) is 5.91 Å². The normalized spacial score (nSPS) is 21.6. The predicted molar refractivity (Wildman–Crippen MR) is 119 cm³/mol. The van der Waals surface area contributed by atoms with Gasteiger partial charge in [0.1, 0.15) is 6.61 Å². The van der Waals surface area contributed by atoms with Gasteiger partial charge in [-0.15, -0.1) is 0 Å². The fourth-order valence-corrected chi connectivity index (χ4v) is 4.76. The molecule has 0 saturated carbocycles. The first-order valence-corrected chi connectivity index (χ1v) is 11.1.